The number of benzene rings is 2. The van der Waals surface area contributed by atoms with Crippen molar-refractivity contribution in [3.05, 3.63) is 60.2 Å². The Hall–Kier alpha value is -3.26. The maximum absolute atomic E-state index is 12.1. The van der Waals surface area contributed by atoms with Crippen LogP contribution in [-0.2, 0) is 11.3 Å². The first kappa shape index (κ1) is 18.1. The number of para-hydroxylation sites is 1. The van der Waals surface area contributed by atoms with Gasteiger partial charge in [0.05, 0.1) is 12.9 Å². The van der Waals surface area contributed by atoms with Crippen LogP contribution < -0.4 is 10.1 Å². The minimum atomic E-state index is -0.113. The largest absolute Gasteiger partial charge is 0.497 e. The molecule has 0 unspecified atom stereocenters. The van der Waals surface area contributed by atoms with Gasteiger partial charge in [-0.05, 0) is 29.8 Å². The van der Waals surface area contributed by atoms with Crippen LogP contribution in [-0.4, -0.2) is 34.0 Å². The summed E-state index contributed by atoms with van der Waals surface area (Å²) in [6, 6.07) is 17.4. The van der Waals surface area contributed by atoms with Crippen molar-refractivity contribution < 1.29 is 13.9 Å². The quantitative estimate of drug-likeness (QED) is 0.465. The predicted molar refractivity (Wildman–Crippen MR) is 107 cm³/mol. The Balaban J connectivity index is 1.32. The Bertz CT molecular complexity index is 1070. The number of nitrogens with one attached hydrogen (secondary N) is 2. The van der Waals surface area contributed by atoms with Crippen molar-refractivity contribution >= 4 is 28.6 Å². The Labute approximate surface area is 165 Å². The molecule has 0 saturated carbocycles. The summed E-state index contributed by atoms with van der Waals surface area (Å²) in [4.78, 5) is 15.3. The standard InChI is InChI=1S/C20H18N4O3S/c1-26-15-7-4-5-13(9-15)11-21-18(25)12-28-20-24-23-19(27-20)17-10-14-6-2-3-8-16(14)22-17/h2-10,22H,11-12H2,1H3,(H,21,25). The minimum absolute atomic E-state index is 0.113. The molecule has 0 aliphatic heterocycles. The molecule has 142 valence electrons. The molecule has 7 nitrogen and oxygen atoms in total. The van der Waals surface area contributed by atoms with E-state index in [4.69, 9.17) is 9.15 Å². The van der Waals surface area contributed by atoms with E-state index in [-0.39, 0.29) is 11.7 Å². The topological polar surface area (TPSA) is 93.0 Å². The van der Waals surface area contributed by atoms with Gasteiger partial charge in [0.25, 0.3) is 11.1 Å². The van der Waals surface area contributed by atoms with Crippen LogP contribution in [0.2, 0.25) is 0 Å². The van der Waals surface area contributed by atoms with Gasteiger partial charge in [-0.3, -0.25) is 4.79 Å². The molecule has 0 spiro atoms. The number of carbonyl (C=O) groups is 1. The van der Waals surface area contributed by atoms with E-state index in [2.05, 4.69) is 20.5 Å². The van der Waals surface area contributed by atoms with Gasteiger partial charge >= 0.3 is 0 Å². The number of aromatic nitrogens is 3. The number of thioether (sulfide) groups is 1. The smallest absolute Gasteiger partial charge is 0.277 e. The number of fused-ring (bicyclic) bond motifs is 1. The van der Waals surface area contributed by atoms with Crippen LogP contribution in [0.15, 0.2) is 64.2 Å². The molecule has 8 heteroatoms. The summed E-state index contributed by atoms with van der Waals surface area (Å²) in [5.74, 6) is 1.24. The Morgan fingerprint density at radius 3 is 2.93 bits per heavy atom. The van der Waals surface area contributed by atoms with Gasteiger partial charge in [-0.2, -0.15) is 0 Å². The van der Waals surface area contributed by atoms with E-state index in [9.17, 15) is 4.79 Å². The lowest BCUT2D eigenvalue weighted by molar-refractivity contribution is -0.118. The Morgan fingerprint density at radius 2 is 2.07 bits per heavy atom. The molecule has 2 heterocycles. The van der Waals surface area contributed by atoms with Crippen molar-refractivity contribution in [2.45, 2.75) is 11.8 Å². The summed E-state index contributed by atoms with van der Waals surface area (Å²) in [7, 11) is 1.61. The molecule has 0 bridgehead atoms. The van der Waals surface area contributed by atoms with Crippen LogP contribution >= 0.6 is 11.8 Å². The second kappa shape index (κ2) is 8.18. The predicted octanol–water partition coefficient (Wildman–Crippen LogP) is 3.64. The molecule has 4 rings (SSSR count). The van der Waals surface area contributed by atoms with E-state index in [0.29, 0.717) is 17.7 Å². The number of ether oxygens (including phenoxy) is 1. The summed E-state index contributed by atoms with van der Waals surface area (Å²) in [5.41, 5.74) is 2.72. The number of methoxy groups -OCH3 is 1. The summed E-state index contributed by atoms with van der Waals surface area (Å²) in [6.45, 7) is 0.431. The maximum atomic E-state index is 12.1. The summed E-state index contributed by atoms with van der Waals surface area (Å²) >= 11 is 1.20. The molecular formula is C20H18N4O3S. The first-order valence-corrected chi connectivity index (χ1v) is 9.64. The molecule has 0 atom stereocenters. The highest BCUT2D eigenvalue weighted by molar-refractivity contribution is 7.99. The molecule has 1 amide bonds. The first-order valence-electron chi connectivity index (χ1n) is 8.65. The highest BCUT2D eigenvalue weighted by Gasteiger charge is 2.13. The van der Waals surface area contributed by atoms with Gasteiger partial charge in [-0.15, -0.1) is 10.2 Å². The third-order valence-electron chi connectivity index (χ3n) is 4.12. The van der Waals surface area contributed by atoms with E-state index >= 15 is 0 Å². The monoisotopic (exact) mass is 394 g/mol. The third kappa shape index (κ3) is 4.17. The van der Waals surface area contributed by atoms with E-state index in [1.54, 1.807) is 7.11 Å². The average Bonchev–Trinajstić information content (AvgIpc) is 3.37. The molecule has 28 heavy (non-hydrogen) atoms. The number of carbonyl (C=O) groups excluding carboxylic acids is 1. The van der Waals surface area contributed by atoms with Crippen molar-refractivity contribution in [3.8, 4) is 17.3 Å². The Morgan fingerprint density at radius 1 is 1.18 bits per heavy atom. The van der Waals surface area contributed by atoms with Gasteiger partial charge < -0.3 is 19.5 Å². The SMILES string of the molecule is COc1cccc(CNC(=O)CSc2nnc(-c3cc4ccccc4[nH]3)o2)c1. The highest BCUT2D eigenvalue weighted by atomic mass is 32.2. The molecular weight excluding hydrogens is 376 g/mol. The second-order valence-electron chi connectivity index (χ2n) is 6.06. The maximum Gasteiger partial charge on any atom is 0.277 e. The number of amides is 1. The van der Waals surface area contributed by atoms with Crippen molar-refractivity contribution in [1.82, 2.24) is 20.5 Å². The minimum Gasteiger partial charge on any atom is -0.497 e. The zero-order chi connectivity index (χ0) is 19.3. The van der Waals surface area contributed by atoms with E-state index in [1.165, 1.54) is 11.8 Å². The van der Waals surface area contributed by atoms with Crippen LogP contribution in [0.1, 0.15) is 5.56 Å². The van der Waals surface area contributed by atoms with Crippen molar-refractivity contribution in [2.24, 2.45) is 0 Å². The number of aromatic amines is 1. The zero-order valence-corrected chi connectivity index (χ0v) is 16.0. The van der Waals surface area contributed by atoms with E-state index in [1.807, 2.05) is 54.6 Å². The third-order valence-corrected chi connectivity index (χ3v) is 4.94. The van der Waals surface area contributed by atoms with E-state index in [0.717, 1.165) is 27.9 Å². The van der Waals surface area contributed by atoms with Gasteiger partial charge in [0, 0.05) is 17.4 Å². The molecule has 4 aromatic rings. The highest BCUT2D eigenvalue weighted by Crippen LogP contribution is 2.25. The summed E-state index contributed by atoms with van der Waals surface area (Å²) < 4.78 is 10.8. The average molecular weight is 394 g/mol. The number of rotatable bonds is 7. The molecule has 2 aromatic carbocycles. The molecule has 0 saturated heterocycles. The number of hydrogen-bond donors (Lipinski definition) is 2. The van der Waals surface area contributed by atoms with Crippen LogP contribution in [0.3, 0.4) is 0 Å². The van der Waals surface area contributed by atoms with Gasteiger partial charge in [0.1, 0.15) is 11.4 Å². The fourth-order valence-corrected chi connectivity index (χ4v) is 3.32. The van der Waals surface area contributed by atoms with E-state index < -0.39 is 0 Å². The van der Waals surface area contributed by atoms with Crippen molar-refractivity contribution in [2.75, 3.05) is 12.9 Å². The lowest BCUT2D eigenvalue weighted by Gasteiger charge is -2.06. The van der Waals surface area contributed by atoms with Gasteiger partial charge in [-0.25, -0.2) is 0 Å². The van der Waals surface area contributed by atoms with Gasteiger partial charge in [0.2, 0.25) is 5.91 Å². The van der Waals surface area contributed by atoms with Crippen LogP contribution in [0, 0.1) is 0 Å². The molecule has 0 aliphatic rings. The van der Waals surface area contributed by atoms with Crippen LogP contribution in [0.25, 0.3) is 22.5 Å². The molecule has 0 radical (unpaired) electrons. The zero-order valence-electron chi connectivity index (χ0n) is 15.1. The second-order valence-corrected chi connectivity index (χ2v) is 6.99. The normalized spacial score (nSPS) is 10.9. The Kier molecular flexibility index (Phi) is 5.29. The van der Waals surface area contributed by atoms with Crippen molar-refractivity contribution in [1.29, 1.82) is 0 Å². The first-order chi connectivity index (χ1) is 13.7. The summed E-state index contributed by atoms with van der Waals surface area (Å²) in [5, 5.41) is 12.4. The summed E-state index contributed by atoms with van der Waals surface area (Å²) in [6.07, 6.45) is 0. The number of nitrogens with zero attached hydrogens (tertiary/aromatic N) is 2. The number of H-pyrrole nitrogens is 1. The van der Waals surface area contributed by atoms with Crippen LogP contribution in [0.5, 0.6) is 5.75 Å². The molecule has 0 fully saturated rings. The fourth-order valence-electron chi connectivity index (χ4n) is 2.73. The van der Waals surface area contributed by atoms with Crippen molar-refractivity contribution in [3.63, 3.8) is 0 Å². The molecule has 0 aliphatic carbocycles. The molecule has 2 N–H and O–H groups in total. The van der Waals surface area contributed by atoms with Crippen LogP contribution in [0.4, 0.5) is 0 Å². The lowest BCUT2D eigenvalue weighted by atomic mass is 10.2. The fraction of sp³-hybridized carbons (Fsp3) is 0.150. The lowest BCUT2D eigenvalue weighted by Crippen LogP contribution is -2.24. The van der Waals surface area contributed by atoms with Gasteiger partial charge in [-0.1, -0.05) is 42.1 Å². The molecule has 2 aromatic heterocycles. The number of hydrogen-bond acceptors (Lipinski definition) is 6. The van der Waals surface area contributed by atoms with Gasteiger partial charge in [0.15, 0.2) is 0 Å².